The number of fused-ring (bicyclic) bond motifs is 1. The Morgan fingerprint density at radius 3 is 2.62 bits per heavy atom. The van der Waals surface area contributed by atoms with E-state index in [2.05, 4.69) is 15.9 Å². The lowest BCUT2D eigenvalue weighted by atomic mass is 10.1. The van der Waals surface area contributed by atoms with Crippen molar-refractivity contribution in [2.24, 2.45) is 0 Å². The summed E-state index contributed by atoms with van der Waals surface area (Å²) in [6.45, 7) is -1.85. The maximum absolute atomic E-state index is 12.0. The van der Waals surface area contributed by atoms with Gasteiger partial charge in [-0.15, -0.1) is 0 Å². The second-order valence-corrected chi connectivity index (χ2v) is 5.07. The summed E-state index contributed by atoms with van der Waals surface area (Å²) >= 11 is 3.37. The highest BCUT2D eigenvalue weighted by Crippen LogP contribution is 2.32. The minimum Gasteiger partial charge on any atom is -0.483 e. The van der Waals surface area contributed by atoms with Gasteiger partial charge in [0, 0.05) is 0 Å². The van der Waals surface area contributed by atoms with E-state index < -0.39 is 25.2 Å². The number of hydrogen-bond donors (Lipinski definition) is 1. The fraction of sp³-hybridized carbons (Fsp3) is 0.214. The van der Waals surface area contributed by atoms with Crippen LogP contribution in [0.5, 0.6) is 5.75 Å². The number of alkyl halides is 3. The molecule has 2 aromatic carbocycles. The molecule has 0 fully saturated rings. The predicted octanol–water partition coefficient (Wildman–Crippen LogP) is 3.66. The number of hydrogen-bond acceptors (Lipinski definition) is 2. The van der Waals surface area contributed by atoms with Crippen LogP contribution in [0.3, 0.4) is 0 Å². The summed E-state index contributed by atoms with van der Waals surface area (Å²) in [7, 11) is 0. The van der Waals surface area contributed by atoms with Crippen LogP contribution in [0, 0.1) is 0 Å². The SMILES string of the molecule is O=C(COc1ccc2ccccc2c1Br)NCC(F)(F)F. The van der Waals surface area contributed by atoms with Crippen molar-refractivity contribution in [2.75, 3.05) is 13.2 Å². The summed E-state index contributed by atoms with van der Waals surface area (Å²) in [6, 6.07) is 11.0. The third kappa shape index (κ3) is 4.35. The molecule has 1 amide bonds. The summed E-state index contributed by atoms with van der Waals surface area (Å²) in [6.07, 6.45) is -4.43. The lowest BCUT2D eigenvalue weighted by Crippen LogP contribution is -2.36. The predicted molar refractivity (Wildman–Crippen MR) is 76.2 cm³/mol. The minimum atomic E-state index is -4.43. The number of ether oxygens (including phenoxy) is 1. The van der Waals surface area contributed by atoms with E-state index in [0.29, 0.717) is 10.2 Å². The van der Waals surface area contributed by atoms with Gasteiger partial charge in [-0.05, 0) is 32.8 Å². The van der Waals surface area contributed by atoms with Crippen molar-refractivity contribution < 1.29 is 22.7 Å². The normalized spacial score (nSPS) is 11.4. The standard InChI is InChI=1S/C14H11BrF3NO2/c15-13-10-4-2-1-3-9(10)5-6-11(13)21-7-12(20)19-8-14(16,17)18/h1-6H,7-8H2,(H,19,20). The van der Waals surface area contributed by atoms with Gasteiger partial charge >= 0.3 is 6.18 Å². The van der Waals surface area contributed by atoms with Gasteiger partial charge in [0.25, 0.3) is 5.91 Å². The number of amides is 1. The Labute approximate surface area is 127 Å². The van der Waals surface area contributed by atoms with Gasteiger partial charge in [0.2, 0.25) is 0 Å². The average molecular weight is 362 g/mol. The molecule has 2 rings (SSSR count). The monoisotopic (exact) mass is 361 g/mol. The lowest BCUT2D eigenvalue weighted by Gasteiger charge is -2.11. The first kappa shape index (κ1) is 15.6. The van der Waals surface area contributed by atoms with Gasteiger partial charge in [-0.3, -0.25) is 4.79 Å². The fourth-order valence-electron chi connectivity index (χ4n) is 1.72. The molecule has 0 atom stereocenters. The van der Waals surface area contributed by atoms with Gasteiger partial charge in [0.1, 0.15) is 12.3 Å². The molecule has 0 bridgehead atoms. The highest BCUT2D eigenvalue weighted by Gasteiger charge is 2.27. The topological polar surface area (TPSA) is 38.3 Å². The molecule has 21 heavy (non-hydrogen) atoms. The highest BCUT2D eigenvalue weighted by molar-refractivity contribution is 9.10. The number of benzene rings is 2. The first-order valence-corrected chi connectivity index (χ1v) is 6.79. The summed E-state index contributed by atoms with van der Waals surface area (Å²) in [4.78, 5) is 11.3. The first-order chi connectivity index (χ1) is 9.87. The van der Waals surface area contributed by atoms with E-state index >= 15 is 0 Å². The molecular weight excluding hydrogens is 351 g/mol. The maximum atomic E-state index is 12.0. The van der Waals surface area contributed by atoms with Crippen LogP contribution in [0.4, 0.5) is 13.2 Å². The number of carbonyl (C=O) groups is 1. The number of nitrogens with one attached hydrogen (secondary N) is 1. The Kier molecular flexibility index (Phi) is 4.72. The van der Waals surface area contributed by atoms with E-state index in [9.17, 15) is 18.0 Å². The molecule has 7 heteroatoms. The first-order valence-electron chi connectivity index (χ1n) is 6.00. The van der Waals surface area contributed by atoms with E-state index in [1.807, 2.05) is 30.3 Å². The molecule has 0 radical (unpaired) electrons. The quantitative estimate of drug-likeness (QED) is 0.902. The molecule has 2 aromatic rings. The smallest absolute Gasteiger partial charge is 0.405 e. The van der Waals surface area contributed by atoms with Crippen LogP contribution in [0.15, 0.2) is 40.9 Å². The summed E-state index contributed by atoms with van der Waals surface area (Å²) in [5.74, 6) is -0.428. The number of rotatable bonds is 4. The van der Waals surface area contributed by atoms with Crippen molar-refractivity contribution in [3.8, 4) is 5.75 Å². The molecule has 0 saturated carbocycles. The van der Waals surface area contributed by atoms with Crippen LogP contribution in [-0.2, 0) is 4.79 Å². The Morgan fingerprint density at radius 2 is 1.90 bits per heavy atom. The molecule has 1 N–H and O–H groups in total. The van der Waals surface area contributed by atoms with E-state index in [1.54, 1.807) is 11.4 Å². The fourth-order valence-corrected chi connectivity index (χ4v) is 2.33. The molecule has 0 spiro atoms. The number of halogens is 4. The van der Waals surface area contributed by atoms with Crippen molar-refractivity contribution >= 4 is 32.6 Å². The van der Waals surface area contributed by atoms with Crippen LogP contribution in [0.2, 0.25) is 0 Å². The molecule has 0 aliphatic heterocycles. The zero-order chi connectivity index (χ0) is 15.5. The molecule has 0 heterocycles. The van der Waals surface area contributed by atoms with Crippen LogP contribution in [0.1, 0.15) is 0 Å². The molecule has 3 nitrogen and oxygen atoms in total. The maximum Gasteiger partial charge on any atom is 0.405 e. The average Bonchev–Trinajstić information content (AvgIpc) is 2.44. The molecule has 0 aliphatic carbocycles. The second-order valence-electron chi connectivity index (χ2n) is 4.28. The van der Waals surface area contributed by atoms with E-state index in [1.165, 1.54) is 0 Å². The van der Waals surface area contributed by atoms with E-state index in [-0.39, 0.29) is 0 Å². The molecular formula is C14H11BrF3NO2. The third-order valence-corrected chi connectivity index (χ3v) is 3.49. The summed E-state index contributed by atoms with van der Waals surface area (Å²) in [5, 5.41) is 3.62. The van der Waals surface area contributed by atoms with Gasteiger partial charge < -0.3 is 10.1 Å². The Hall–Kier alpha value is -1.76. The molecule has 0 aromatic heterocycles. The van der Waals surface area contributed by atoms with Crippen molar-refractivity contribution in [1.29, 1.82) is 0 Å². The second kappa shape index (κ2) is 6.34. The summed E-state index contributed by atoms with van der Waals surface area (Å²) < 4.78 is 41.8. The number of carbonyl (C=O) groups excluding carboxylic acids is 1. The van der Waals surface area contributed by atoms with Gasteiger partial charge in [0.05, 0.1) is 4.47 Å². The minimum absolute atomic E-state index is 0.399. The zero-order valence-corrected chi connectivity index (χ0v) is 12.3. The molecule has 0 aliphatic rings. The lowest BCUT2D eigenvalue weighted by molar-refractivity contribution is -0.139. The Bertz CT molecular complexity index is 658. The zero-order valence-electron chi connectivity index (χ0n) is 10.7. The molecule has 0 unspecified atom stereocenters. The molecule has 112 valence electrons. The van der Waals surface area contributed by atoms with Crippen LogP contribution in [0.25, 0.3) is 10.8 Å². The highest BCUT2D eigenvalue weighted by atomic mass is 79.9. The van der Waals surface area contributed by atoms with Gasteiger partial charge in [-0.25, -0.2) is 0 Å². The van der Waals surface area contributed by atoms with Crippen molar-refractivity contribution in [1.82, 2.24) is 5.32 Å². The van der Waals surface area contributed by atoms with Crippen molar-refractivity contribution in [3.63, 3.8) is 0 Å². The summed E-state index contributed by atoms with van der Waals surface area (Å²) in [5.41, 5.74) is 0. The van der Waals surface area contributed by atoms with Crippen molar-refractivity contribution in [2.45, 2.75) is 6.18 Å². The van der Waals surface area contributed by atoms with Crippen LogP contribution in [-0.4, -0.2) is 25.2 Å². The van der Waals surface area contributed by atoms with Crippen molar-refractivity contribution in [3.05, 3.63) is 40.9 Å². The van der Waals surface area contributed by atoms with E-state index in [0.717, 1.165) is 10.8 Å². The molecule has 0 saturated heterocycles. The Morgan fingerprint density at radius 1 is 1.19 bits per heavy atom. The van der Waals surface area contributed by atoms with Gasteiger partial charge in [-0.1, -0.05) is 30.3 Å². The van der Waals surface area contributed by atoms with Gasteiger partial charge in [0.15, 0.2) is 6.61 Å². The Balaban J connectivity index is 2.00. The third-order valence-electron chi connectivity index (χ3n) is 2.67. The van der Waals surface area contributed by atoms with Gasteiger partial charge in [-0.2, -0.15) is 13.2 Å². The van der Waals surface area contributed by atoms with Crippen LogP contribution >= 0.6 is 15.9 Å². The van der Waals surface area contributed by atoms with Crippen LogP contribution < -0.4 is 10.1 Å². The van der Waals surface area contributed by atoms with E-state index in [4.69, 9.17) is 4.74 Å². The largest absolute Gasteiger partial charge is 0.483 e.